The number of esters is 1. The lowest BCUT2D eigenvalue weighted by Crippen LogP contribution is -2.25. The molecule has 6 rings (SSSR count). The van der Waals surface area contributed by atoms with E-state index in [2.05, 4.69) is 43.3 Å². The van der Waals surface area contributed by atoms with Gasteiger partial charge < -0.3 is 14.8 Å². The molecule has 1 saturated carbocycles. The molecule has 15 heteroatoms. The molecular weight excluding hydrogens is 559 g/mol. The lowest BCUT2D eigenvalue weighted by atomic mass is 9.89. The lowest BCUT2D eigenvalue weighted by molar-refractivity contribution is -0.143. The van der Waals surface area contributed by atoms with Crippen LogP contribution in [0.3, 0.4) is 0 Å². The number of nitrogens with zero attached hydrogens (tertiary/aromatic N) is 9. The number of carbonyl (C=O) groups excluding carboxylic acids is 2. The number of fused-ring (bicyclic) bond motifs is 1. The fourth-order valence-electron chi connectivity index (χ4n) is 5.04. The van der Waals surface area contributed by atoms with Crippen molar-refractivity contribution in [2.75, 3.05) is 13.7 Å². The van der Waals surface area contributed by atoms with Gasteiger partial charge in [-0.05, 0) is 65.8 Å². The maximum absolute atomic E-state index is 15.1. The minimum Gasteiger partial charge on any atom is -0.494 e. The van der Waals surface area contributed by atoms with Crippen LogP contribution in [0.4, 0.5) is 4.39 Å². The minimum absolute atomic E-state index is 0.0181. The molecule has 1 fully saturated rings. The van der Waals surface area contributed by atoms with Gasteiger partial charge in [0.1, 0.15) is 24.7 Å². The van der Waals surface area contributed by atoms with Crippen LogP contribution in [-0.2, 0) is 22.6 Å². The number of halogens is 1. The predicted molar refractivity (Wildman–Crippen MR) is 150 cm³/mol. The number of benzene rings is 1. The number of hydrogen-bond donors (Lipinski definition) is 1. The molecule has 222 valence electrons. The maximum Gasteiger partial charge on any atom is 0.306 e. The molecule has 0 bridgehead atoms. The highest BCUT2D eigenvalue weighted by molar-refractivity contribution is 6.16. The monoisotopic (exact) mass is 588 g/mol. The van der Waals surface area contributed by atoms with Gasteiger partial charge in [0.2, 0.25) is 0 Å². The molecule has 1 amide bonds. The Balaban J connectivity index is 1.13. The molecule has 1 aromatic carbocycles. The van der Waals surface area contributed by atoms with E-state index >= 15 is 4.39 Å². The van der Waals surface area contributed by atoms with Crippen molar-refractivity contribution < 1.29 is 23.5 Å². The van der Waals surface area contributed by atoms with E-state index in [1.807, 2.05) is 0 Å². The Morgan fingerprint density at radius 1 is 1.21 bits per heavy atom. The Bertz CT molecular complexity index is 1670. The number of ether oxygens (including phenoxy) is 2. The number of nitrogens with one attached hydrogen (secondary N) is 1. The van der Waals surface area contributed by atoms with Crippen molar-refractivity contribution >= 4 is 23.4 Å². The maximum atomic E-state index is 15.1. The molecule has 1 N–H and O–H groups in total. The third-order valence-electron chi connectivity index (χ3n) is 7.29. The molecule has 0 saturated heterocycles. The summed E-state index contributed by atoms with van der Waals surface area (Å²) < 4.78 is 28.1. The summed E-state index contributed by atoms with van der Waals surface area (Å²) in [6, 6.07) is 2.83. The van der Waals surface area contributed by atoms with E-state index in [0.717, 1.165) is 24.1 Å². The first kappa shape index (κ1) is 28.1. The molecule has 14 nitrogen and oxygen atoms in total. The van der Waals surface area contributed by atoms with Gasteiger partial charge in [0.25, 0.3) is 5.91 Å². The molecule has 0 radical (unpaired) electrons. The van der Waals surface area contributed by atoms with Crippen molar-refractivity contribution in [2.45, 2.75) is 51.7 Å². The van der Waals surface area contributed by atoms with Gasteiger partial charge in [-0.25, -0.2) is 18.7 Å². The summed E-state index contributed by atoms with van der Waals surface area (Å²) in [4.78, 5) is 34.5. The normalized spacial score (nSPS) is 17.4. The largest absolute Gasteiger partial charge is 0.494 e. The first-order chi connectivity index (χ1) is 20.9. The molecule has 0 spiro atoms. The number of methoxy groups -OCH3 is 1. The number of tetrazole rings is 1. The zero-order valence-corrected chi connectivity index (χ0v) is 23.6. The summed E-state index contributed by atoms with van der Waals surface area (Å²) in [6.07, 6.45) is 10.2. The number of amidine groups is 1. The van der Waals surface area contributed by atoms with E-state index in [1.165, 1.54) is 40.6 Å². The Kier molecular flexibility index (Phi) is 7.85. The summed E-state index contributed by atoms with van der Waals surface area (Å²) in [7, 11) is 1.35. The summed E-state index contributed by atoms with van der Waals surface area (Å²) in [5, 5.41) is 21.7. The lowest BCUT2D eigenvalue weighted by Gasteiger charge is -2.18. The topological polar surface area (TPSA) is 164 Å². The van der Waals surface area contributed by atoms with Gasteiger partial charge >= 0.3 is 5.97 Å². The SMILES string of the molecule is CCOC(=O)CCC1=CC(C2CC2)=CC2N=C(Cn3cc(C(=O)NCc4c(-n5cnnn5)ccc(OC)c4F)nn3)N=C12. The van der Waals surface area contributed by atoms with E-state index < -0.39 is 11.7 Å². The number of allylic oxidation sites excluding steroid dienone is 2. The fourth-order valence-corrected chi connectivity index (χ4v) is 5.04. The smallest absolute Gasteiger partial charge is 0.306 e. The zero-order chi connectivity index (χ0) is 29.9. The van der Waals surface area contributed by atoms with E-state index in [9.17, 15) is 9.59 Å². The van der Waals surface area contributed by atoms with Gasteiger partial charge in [0, 0.05) is 18.5 Å². The second-order valence-corrected chi connectivity index (χ2v) is 10.2. The van der Waals surface area contributed by atoms with E-state index in [-0.39, 0.29) is 48.5 Å². The quantitative estimate of drug-likeness (QED) is 0.312. The summed E-state index contributed by atoms with van der Waals surface area (Å²) in [5.74, 6) is -0.346. The Hall–Kier alpha value is -5.08. The van der Waals surface area contributed by atoms with Crippen LogP contribution < -0.4 is 10.1 Å². The third kappa shape index (κ3) is 6.10. The van der Waals surface area contributed by atoms with Crippen LogP contribution in [0.15, 0.2) is 57.9 Å². The van der Waals surface area contributed by atoms with E-state index in [1.54, 1.807) is 13.0 Å². The average Bonchev–Trinajstić information content (AvgIpc) is 3.34. The van der Waals surface area contributed by atoms with E-state index in [0.29, 0.717) is 30.5 Å². The van der Waals surface area contributed by atoms with Crippen LogP contribution in [0.1, 0.15) is 48.7 Å². The average molecular weight is 589 g/mol. The standard InChI is InChI=1S/C28H29FN10O4/c1-3-43-25(40)9-6-17-10-18(16-4-5-16)11-20-27(17)33-24(32-20)14-38-13-21(34-36-38)28(41)30-12-19-22(39-15-31-35-37-39)7-8-23(42-2)26(19)29/h7-8,10-11,13,15-16,20H,3-6,9,12,14H2,1-2H3,(H,30,41). The van der Waals surface area contributed by atoms with Crippen molar-refractivity contribution in [1.82, 2.24) is 40.5 Å². The minimum atomic E-state index is -0.645. The summed E-state index contributed by atoms with van der Waals surface area (Å²) >= 11 is 0. The molecule has 3 aromatic rings. The number of rotatable bonds is 12. The van der Waals surface area contributed by atoms with E-state index in [4.69, 9.17) is 19.5 Å². The molecule has 3 aliphatic rings. The molecule has 1 atom stereocenters. The van der Waals surface area contributed by atoms with Crippen LogP contribution in [-0.4, -0.2) is 78.4 Å². The predicted octanol–water partition coefficient (Wildman–Crippen LogP) is 2.17. The van der Waals surface area contributed by atoms with Gasteiger partial charge in [-0.2, -0.15) is 0 Å². The van der Waals surface area contributed by atoms with Crippen LogP contribution in [0.2, 0.25) is 0 Å². The summed E-state index contributed by atoms with van der Waals surface area (Å²) in [6.45, 7) is 2.16. The van der Waals surface area contributed by atoms with Gasteiger partial charge in [-0.1, -0.05) is 17.4 Å². The van der Waals surface area contributed by atoms with Crippen molar-refractivity contribution in [3.63, 3.8) is 0 Å². The van der Waals surface area contributed by atoms with Gasteiger partial charge in [0.15, 0.2) is 17.3 Å². The number of carbonyl (C=O) groups is 2. The van der Waals surface area contributed by atoms with Crippen molar-refractivity contribution in [3.8, 4) is 11.4 Å². The van der Waals surface area contributed by atoms with Crippen LogP contribution in [0, 0.1) is 11.7 Å². The molecule has 43 heavy (non-hydrogen) atoms. The van der Waals surface area contributed by atoms with Crippen molar-refractivity contribution in [1.29, 1.82) is 0 Å². The summed E-state index contributed by atoms with van der Waals surface area (Å²) in [5.41, 5.74) is 3.58. The number of hydrogen-bond acceptors (Lipinski definition) is 11. The first-order valence-corrected chi connectivity index (χ1v) is 13.9. The van der Waals surface area contributed by atoms with Gasteiger partial charge in [-0.3, -0.25) is 14.6 Å². The molecule has 1 unspecified atom stereocenters. The van der Waals surface area contributed by atoms with Crippen LogP contribution in [0.25, 0.3) is 5.69 Å². The highest BCUT2D eigenvalue weighted by Crippen LogP contribution is 2.41. The number of amides is 1. The molecule has 1 aliphatic heterocycles. The number of aromatic nitrogens is 7. The first-order valence-electron chi connectivity index (χ1n) is 13.9. The molecule has 2 aromatic heterocycles. The van der Waals surface area contributed by atoms with Crippen LogP contribution in [0.5, 0.6) is 5.75 Å². The van der Waals surface area contributed by atoms with Crippen LogP contribution >= 0.6 is 0 Å². The van der Waals surface area contributed by atoms with Crippen molar-refractivity contribution in [3.05, 3.63) is 65.0 Å². The Morgan fingerprint density at radius 2 is 2.07 bits per heavy atom. The third-order valence-corrected chi connectivity index (χ3v) is 7.29. The molecule has 2 aliphatic carbocycles. The highest BCUT2D eigenvalue weighted by Gasteiger charge is 2.33. The zero-order valence-electron chi connectivity index (χ0n) is 23.6. The number of aliphatic imine (C=N–C) groups is 2. The second-order valence-electron chi connectivity index (χ2n) is 10.2. The van der Waals surface area contributed by atoms with Gasteiger partial charge in [0.05, 0.1) is 31.3 Å². The Labute approximate surface area is 245 Å². The second kappa shape index (κ2) is 12.0. The molecular formula is C28H29FN10O4. The van der Waals surface area contributed by atoms with Crippen molar-refractivity contribution in [2.24, 2.45) is 15.9 Å². The van der Waals surface area contributed by atoms with Gasteiger partial charge in [-0.15, -0.1) is 10.2 Å². The fraction of sp³-hybridized carbons (Fsp3) is 0.393. The highest BCUT2D eigenvalue weighted by atomic mass is 19.1. The Morgan fingerprint density at radius 3 is 2.81 bits per heavy atom. The molecule has 3 heterocycles.